The Balaban J connectivity index is 1.48. The van der Waals surface area contributed by atoms with Gasteiger partial charge in [-0.3, -0.25) is 9.69 Å². The van der Waals surface area contributed by atoms with Crippen LogP contribution in [-0.4, -0.2) is 5.91 Å². The number of hydrogen-bond donors (Lipinski definition) is 1. The molecular formula is C27H19Cl2FN2O2. The number of hydrogen-bond acceptors (Lipinski definition) is 3. The van der Waals surface area contributed by atoms with Crippen LogP contribution in [-0.2, 0) is 6.61 Å². The summed E-state index contributed by atoms with van der Waals surface area (Å²) in [5.41, 5.74) is 3.48. The molecule has 4 aromatic carbocycles. The third-order valence-corrected chi connectivity index (χ3v) is 6.20. The summed E-state index contributed by atoms with van der Waals surface area (Å²) in [6.07, 6.45) is -0.518. The first-order valence-corrected chi connectivity index (χ1v) is 11.4. The van der Waals surface area contributed by atoms with E-state index in [0.717, 1.165) is 16.8 Å². The third kappa shape index (κ3) is 4.45. The molecule has 5 rings (SSSR count). The summed E-state index contributed by atoms with van der Waals surface area (Å²) in [6, 6.07) is 26.0. The minimum absolute atomic E-state index is 0.176. The number of nitrogens with zero attached hydrogens (tertiary/aromatic N) is 1. The molecule has 1 aliphatic rings. The third-order valence-electron chi connectivity index (χ3n) is 5.61. The van der Waals surface area contributed by atoms with Crippen LogP contribution in [0.25, 0.3) is 0 Å². The lowest BCUT2D eigenvalue weighted by atomic mass is 10.0. The lowest BCUT2D eigenvalue weighted by molar-refractivity contribution is 0.0975. The predicted octanol–water partition coefficient (Wildman–Crippen LogP) is 7.48. The molecule has 7 heteroatoms. The van der Waals surface area contributed by atoms with Crippen LogP contribution in [0.4, 0.5) is 15.8 Å². The van der Waals surface area contributed by atoms with Gasteiger partial charge in [0.1, 0.15) is 24.3 Å². The number of amides is 1. The van der Waals surface area contributed by atoms with E-state index in [1.165, 1.54) is 12.1 Å². The summed E-state index contributed by atoms with van der Waals surface area (Å²) >= 11 is 12.2. The molecule has 0 aliphatic carbocycles. The Hall–Kier alpha value is -3.54. The molecule has 0 spiro atoms. The van der Waals surface area contributed by atoms with Gasteiger partial charge in [-0.1, -0.05) is 53.5 Å². The van der Waals surface area contributed by atoms with E-state index in [1.54, 1.807) is 35.2 Å². The van der Waals surface area contributed by atoms with E-state index in [4.69, 9.17) is 27.9 Å². The van der Waals surface area contributed by atoms with Crippen molar-refractivity contribution >= 4 is 40.5 Å². The number of para-hydroxylation sites is 1. The van der Waals surface area contributed by atoms with Gasteiger partial charge in [0.05, 0.1) is 5.56 Å². The largest absolute Gasteiger partial charge is 0.489 e. The molecule has 0 aromatic heterocycles. The molecule has 0 saturated heterocycles. The lowest BCUT2D eigenvalue weighted by Gasteiger charge is -2.38. The van der Waals surface area contributed by atoms with E-state index < -0.39 is 6.17 Å². The molecule has 1 aliphatic heterocycles. The van der Waals surface area contributed by atoms with Gasteiger partial charge in [0, 0.05) is 27.0 Å². The second kappa shape index (κ2) is 9.37. The molecule has 0 unspecified atom stereocenters. The summed E-state index contributed by atoms with van der Waals surface area (Å²) in [6.45, 7) is 0.265. The SMILES string of the molecule is O=C1c2ccccc2N[C@@H](c2cccc(OCc3ccc(Cl)cc3Cl)c2)N1c1ccc(F)cc1. The second-order valence-electron chi connectivity index (χ2n) is 7.84. The first kappa shape index (κ1) is 22.3. The molecule has 1 atom stereocenters. The zero-order chi connectivity index (χ0) is 23.7. The highest BCUT2D eigenvalue weighted by atomic mass is 35.5. The van der Waals surface area contributed by atoms with Crippen molar-refractivity contribution in [2.24, 2.45) is 0 Å². The molecule has 4 aromatic rings. The Morgan fingerprint density at radius 1 is 0.912 bits per heavy atom. The number of benzene rings is 4. The molecular weight excluding hydrogens is 474 g/mol. The number of halogens is 3. The number of carbonyl (C=O) groups excluding carboxylic acids is 1. The van der Waals surface area contributed by atoms with Crippen LogP contribution in [0.5, 0.6) is 5.75 Å². The topological polar surface area (TPSA) is 41.6 Å². The van der Waals surface area contributed by atoms with Gasteiger partial charge in [0.15, 0.2) is 0 Å². The smallest absolute Gasteiger partial charge is 0.262 e. The van der Waals surface area contributed by atoms with Gasteiger partial charge in [0.2, 0.25) is 0 Å². The lowest BCUT2D eigenvalue weighted by Crippen LogP contribution is -2.43. The average Bonchev–Trinajstić information content (AvgIpc) is 2.84. The predicted molar refractivity (Wildman–Crippen MR) is 133 cm³/mol. The number of rotatable bonds is 5. The fraction of sp³-hybridized carbons (Fsp3) is 0.0741. The maximum Gasteiger partial charge on any atom is 0.262 e. The molecule has 0 bridgehead atoms. The van der Waals surface area contributed by atoms with Crippen LogP contribution < -0.4 is 15.0 Å². The van der Waals surface area contributed by atoms with Crippen molar-refractivity contribution in [2.45, 2.75) is 12.8 Å². The van der Waals surface area contributed by atoms with E-state index in [1.807, 2.05) is 48.5 Å². The van der Waals surface area contributed by atoms with E-state index in [2.05, 4.69) is 5.32 Å². The number of anilines is 2. The van der Waals surface area contributed by atoms with Crippen molar-refractivity contribution in [3.05, 3.63) is 124 Å². The molecule has 1 N–H and O–H groups in total. The van der Waals surface area contributed by atoms with Crippen LogP contribution in [0.15, 0.2) is 91.0 Å². The molecule has 4 nitrogen and oxygen atoms in total. The maximum absolute atomic E-state index is 13.6. The van der Waals surface area contributed by atoms with Gasteiger partial charge in [-0.05, 0) is 66.2 Å². The van der Waals surface area contributed by atoms with Crippen molar-refractivity contribution in [3.8, 4) is 5.75 Å². The first-order chi connectivity index (χ1) is 16.5. The molecule has 34 heavy (non-hydrogen) atoms. The highest BCUT2D eigenvalue weighted by molar-refractivity contribution is 6.35. The number of carbonyl (C=O) groups is 1. The Morgan fingerprint density at radius 3 is 2.50 bits per heavy atom. The second-order valence-corrected chi connectivity index (χ2v) is 8.68. The van der Waals surface area contributed by atoms with E-state index in [9.17, 15) is 9.18 Å². The first-order valence-electron chi connectivity index (χ1n) is 10.6. The molecule has 1 heterocycles. The zero-order valence-electron chi connectivity index (χ0n) is 17.8. The zero-order valence-corrected chi connectivity index (χ0v) is 19.4. The quantitative estimate of drug-likeness (QED) is 0.313. The average molecular weight is 493 g/mol. The van der Waals surface area contributed by atoms with Gasteiger partial charge >= 0.3 is 0 Å². The summed E-state index contributed by atoms with van der Waals surface area (Å²) in [5.74, 6) is 0.0790. The Morgan fingerprint density at radius 2 is 1.71 bits per heavy atom. The van der Waals surface area contributed by atoms with Crippen molar-refractivity contribution in [2.75, 3.05) is 10.2 Å². The Bertz CT molecular complexity index is 1360. The van der Waals surface area contributed by atoms with Gasteiger partial charge in [-0.2, -0.15) is 0 Å². The van der Waals surface area contributed by atoms with Crippen LogP contribution in [0.3, 0.4) is 0 Å². The minimum atomic E-state index is -0.518. The van der Waals surface area contributed by atoms with Crippen LogP contribution in [0, 0.1) is 5.82 Å². The number of ether oxygens (including phenoxy) is 1. The number of nitrogens with one attached hydrogen (secondary N) is 1. The van der Waals surface area contributed by atoms with Crippen molar-refractivity contribution in [3.63, 3.8) is 0 Å². The maximum atomic E-state index is 13.6. The summed E-state index contributed by atoms with van der Waals surface area (Å²) in [5, 5.41) is 4.53. The van der Waals surface area contributed by atoms with Crippen LogP contribution in [0.2, 0.25) is 10.0 Å². The van der Waals surface area contributed by atoms with Gasteiger partial charge < -0.3 is 10.1 Å². The van der Waals surface area contributed by atoms with E-state index in [0.29, 0.717) is 27.0 Å². The van der Waals surface area contributed by atoms with E-state index in [-0.39, 0.29) is 18.3 Å². The van der Waals surface area contributed by atoms with Gasteiger partial charge in [0.25, 0.3) is 5.91 Å². The summed E-state index contributed by atoms with van der Waals surface area (Å²) in [4.78, 5) is 15.1. The van der Waals surface area contributed by atoms with Crippen molar-refractivity contribution in [1.29, 1.82) is 0 Å². The summed E-state index contributed by atoms with van der Waals surface area (Å²) < 4.78 is 19.6. The van der Waals surface area contributed by atoms with Gasteiger partial charge in [-0.15, -0.1) is 0 Å². The Kier molecular flexibility index (Phi) is 6.14. The summed E-state index contributed by atoms with van der Waals surface area (Å²) in [7, 11) is 0. The molecule has 170 valence electrons. The highest BCUT2D eigenvalue weighted by Gasteiger charge is 2.34. The van der Waals surface area contributed by atoms with Crippen molar-refractivity contribution < 1.29 is 13.9 Å². The van der Waals surface area contributed by atoms with Crippen molar-refractivity contribution in [1.82, 2.24) is 0 Å². The Labute approximate surface area is 206 Å². The van der Waals surface area contributed by atoms with Gasteiger partial charge in [-0.25, -0.2) is 4.39 Å². The minimum Gasteiger partial charge on any atom is -0.489 e. The fourth-order valence-electron chi connectivity index (χ4n) is 3.93. The molecule has 1 amide bonds. The van der Waals surface area contributed by atoms with Crippen LogP contribution >= 0.6 is 23.2 Å². The van der Waals surface area contributed by atoms with E-state index >= 15 is 0 Å². The molecule has 0 fully saturated rings. The monoisotopic (exact) mass is 492 g/mol. The molecule has 0 saturated carbocycles. The van der Waals surface area contributed by atoms with Crippen LogP contribution in [0.1, 0.15) is 27.7 Å². The standard InChI is InChI=1S/C27H19Cl2FN2O2/c28-19-9-8-18(24(29)15-19)16-34-22-5-3-4-17(14-22)26-31-25-7-2-1-6-23(25)27(33)32(26)21-12-10-20(30)11-13-21/h1-15,26,31H,16H2/t26-/m1/s1. The normalized spacial score (nSPS) is 15.0. The molecule has 0 radical (unpaired) electrons. The fourth-order valence-corrected chi connectivity index (χ4v) is 4.39. The number of fused-ring (bicyclic) bond motifs is 1. The highest BCUT2D eigenvalue weighted by Crippen LogP contribution is 2.37.